The molecule has 0 fully saturated rings. The third-order valence-electron chi connectivity index (χ3n) is 3.62. The number of carbonyl (C=O) groups excluding carboxylic acids is 1. The van der Waals surface area contributed by atoms with Gasteiger partial charge in [0.15, 0.2) is 0 Å². The number of aromatic nitrogens is 2. The van der Waals surface area contributed by atoms with Gasteiger partial charge in [0.25, 0.3) is 5.88 Å². The molecule has 0 bridgehead atoms. The fourth-order valence-electron chi connectivity index (χ4n) is 2.58. The molecule has 114 valence electrons. The Bertz CT molecular complexity index is 671. The van der Waals surface area contributed by atoms with Gasteiger partial charge in [0.05, 0.1) is 11.4 Å². The standard InChI is InChI=1S/C17H18N2O3/c1-12(20)21-22-17-16(11-13-7-3-2-4-8-13)18-14-9-5-6-10-15(14)19-17/h2-4,7-8H,5-6,9-11H2,1H3. The summed E-state index contributed by atoms with van der Waals surface area (Å²) in [4.78, 5) is 30.0. The van der Waals surface area contributed by atoms with Crippen LogP contribution in [0.1, 0.15) is 42.4 Å². The smallest absolute Gasteiger partial charge is 0.264 e. The van der Waals surface area contributed by atoms with Crippen molar-refractivity contribution in [1.82, 2.24) is 9.97 Å². The minimum absolute atomic E-state index is 0.291. The molecule has 22 heavy (non-hydrogen) atoms. The van der Waals surface area contributed by atoms with Gasteiger partial charge in [0.2, 0.25) is 0 Å². The van der Waals surface area contributed by atoms with Crippen LogP contribution in [0, 0.1) is 0 Å². The largest absolute Gasteiger partial charge is 0.352 e. The van der Waals surface area contributed by atoms with E-state index in [0.717, 1.165) is 42.6 Å². The molecular formula is C17H18N2O3. The van der Waals surface area contributed by atoms with Crippen LogP contribution >= 0.6 is 0 Å². The van der Waals surface area contributed by atoms with Gasteiger partial charge in [-0.3, -0.25) is 4.89 Å². The molecule has 0 aliphatic heterocycles. The van der Waals surface area contributed by atoms with Gasteiger partial charge in [-0.05, 0) is 31.2 Å². The Morgan fingerprint density at radius 3 is 2.45 bits per heavy atom. The lowest BCUT2D eigenvalue weighted by Gasteiger charge is -2.16. The van der Waals surface area contributed by atoms with Crippen LogP contribution < -0.4 is 4.89 Å². The number of rotatable bonds is 4. The maximum atomic E-state index is 11.0. The number of benzene rings is 1. The fraction of sp³-hybridized carbons (Fsp3) is 0.353. The van der Waals surface area contributed by atoms with E-state index < -0.39 is 5.97 Å². The van der Waals surface area contributed by atoms with Crippen molar-refractivity contribution < 1.29 is 14.6 Å². The second-order valence-corrected chi connectivity index (χ2v) is 5.40. The minimum atomic E-state index is -0.509. The summed E-state index contributed by atoms with van der Waals surface area (Å²) in [5, 5.41) is 0. The lowest BCUT2D eigenvalue weighted by molar-refractivity contribution is -0.213. The Kier molecular flexibility index (Phi) is 4.32. The summed E-state index contributed by atoms with van der Waals surface area (Å²) in [5.41, 5.74) is 3.80. The highest BCUT2D eigenvalue weighted by Gasteiger charge is 2.19. The van der Waals surface area contributed by atoms with Gasteiger partial charge in [0.1, 0.15) is 5.69 Å². The van der Waals surface area contributed by atoms with Crippen molar-refractivity contribution in [2.24, 2.45) is 0 Å². The van der Waals surface area contributed by atoms with Gasteiger partial charge < -0.3 is 0 Å². The number of hydrogen-bond acceptors (Lipinski definition) is 5. The van der Waals surface area contributed by atoms with Crippen molar-refractivity contribution in [2.45, 2.75) is 39.0 Å². The lowest BCUT2D eigenvalue weighted by Crippen LogP contribution is -2.14. The van der Waals surface area contributed by atoms with Crippen molar-refractivity contribution in [2.75, 3.05) is 0 Å². The maximum Gasteiger partial charge on any atom is 0.352 e. The first-order valence-corrected chi connectivity index (χ1v) is 7.50. The van der Waals surface area contributed by atoms with E-state index in [1.54, 1.807) is 0 Å². The Morgan fingerprint density at radius 2 is 1.77 bits per heavy atom. The minimum Gasteiger partial charge on any atom is -0.264 e. The van der Waals surface area contributed by atoms with Crippen LogP contribution in [0.5, 0.6) is 5.88 Å². The quantitative estimate of drug-likeness (QED) is 0.641. The van der Waals surface area contributed by atoms with Gasteiger partial charge in [-0.15, -0.1) is 0 Å². The van der Waals surface area contributed by atoms with Gasteiger partial charge in [0, 0.05) is 13.3 Å². The SMILES string of the molecule is CC(=O)OOc1nc2c(nc1Cc1ccccc1)CCCC2. The second kappa shape index (κ2) is 6.56. The molecular weight excluding hydrogens is 280 g/mol. The topological polar surface area (TPSA) is 61.3 Å². The van der Waals surface area contributed by atoms with E-state index in [9.17, 15) is 4.79 Å². The zero-order chi connectivity index (χ0) is 15.4. The summed E-state index contributed by atoms with van der Waals surface area (Å²) in [6, 6.07) is 9.98. The van der Waals surface area contributed by atoms with Crippen LogP contribution in [0.15, 0.2) is 30.3 Å². The third-order valence-corrected chi connectivity index (χ3v) is 3.62. The van der Waals surface area contributed by atoms with Gasteiger partial charge in [-0.2, -0.15) is 0 Å². The Morgan fingerprint density at radius 1 is 1.09 bits per heavy atom. The van der Waals surface area contributed by atoms with E-state index in [2.05, 4.69) is 9.87 Å². The van der Waals surface area contributed by atoms with Gasteiger partial charge in [-0.25, -0.2) is 19.7 Å². The molecule has 0 atom stereocenters. The molecule has 2 aromatic rings. The first kappa shape index (κ1) is 14.5. The van der Waals surface area contributed by atoms with Crippen LogP contribution in [0.3, 0.4) is 0 Å². The van der Waals surface area contributed by atoms with Crippen molar-refractivity contribution in [3.05, 3.63) is 53.0 Å². The molecule has 0 radical (unpaired) electrons. The predicted octanol–water partition coefficient (Wildman–Crippen LogP) is 2.80. The summed E-state index contributed by atoms with van der Waals surface area (Å²) in [7, 11) is 0. The zero-order valence-electron chi connectivity index (χ0n) is 12.5. The molecule has 0 saturated carbocycles. The molecule has 1 heterocycles. The van der Waals surface area contributed by atoms with Crippen molar-refractivity contribution in [3.63, 3.8) is 0 Å². The Balaban J connectivity index is 1.92. The first-order valence-electron chi connectivity index (χ1n) is 7.50. The van der Waals surface area contributed by atoms with Crippen molar-refractivity contribution in [3.8, 4) is 5.88 Å². The lowest BCUT2D eigenvalue weighted by atomic mass is 10.00. The first-order chi connectivity index (χ1) is 10.7. The van der Waals surface area contributed by atoms with E-state index in [0.29, 0.717) is 18.0 Å². The van der Waals surface area contributed by atoms with Gasteiger partial charge >= 0.3 is 5.97 Å². The molecule has 1 aromatic heterocycles. The highest BCUT2D eigenvalue weighted by molar-refractivity contribution is 5.65. The molecule has 5 heteroatoms. The van der Waals surface area contributed by atoms with Crippen LogP contribution in [0.25, 0.3) is 0 Å². The number of aryl methyl sites for hydroxylation is 2. The van der Waals surface area contributed by atoms with Crippen LogP contribution in [-0.2, 0) is 28.9 Å². The molecule has 1 aliphatic rings. The molecule has 5 nitrogen and oxygen atoms in total. The van der Waals surface area contributed by atoms with E-state index in [4.69, 9.17) is 9.87 Å². The molecule has 0 N–H and O–H groups in total. The summed E-state index contributed by atoms with van der Waals surface area (Å²) in [6.07, 6.45) is 4.67. The molecule has 0 unspecified atom stereocenters. The summed E-state index contributed by atoms with van der Waals surface area (Å²) in [5.74, 6) is -0.218. The predicted molar refractivity (Wildman–Crippen MR) is 80.3 cm³/mol. The summed E-state index contributed by atoms with van der Waals surface area (Å²) >= 11 is 0. The fourth-order valence-corrected chi connectivity index (χ4v) is 2.58. The monoisotopic (exact) mass is 298 g/mol. The highest BCUT2D eigenvalue weighted by atomic mass is 17.2. The van der Waals surface area contributed by atoms with Crippen LogP contribution in [0.2, 0.25) is 0 Å². The molecule has 0 amide bonds. The van der Waals surface area contributed by atoms with Crippen LogP contribution in [-0.4, -0.2) is 15.9 Å². The summed E-state index contributed by atoms with van der Waals surface area (Å²) in [6.45, 7) is 1.29. The average Bonchev–Trinajstić information content (AvgIpc) is 2.53. The normalized spacial score (nSPS) is 13.3. The molecule has 1 aliphatic carbocycles. The van der Waals surface area contributed by atoms with E-state index in [1.165, 1.54) is 6.92 Å². The molecule has 3 rings (SSSR count). The third kappa shape index (κ3) is 3.42. The zero-order valence-corrected chi connectivity index (χ0v) is 12.5. The van der Waals surface area contributed by atoms with Crippen LogP contribution in [0.4, 0.5) is 0 Å². The average molecular weight is 298 g/mol. The molecule has 0 spiro atoms. The Hall–Kier alpha value is -2.43. The van der Waals surface area contributed by atoms with Crippen molar-refractivity contribution in [1.29, 1.82) is 0 Å². The Labute approximate surface area is 129 Å². The second-order valence-electron chi connectivity index (χ2n) is 5.40. The number of nitrogens with zero attached hydrogens (tertiary/aromatic N) is 2. The number of carbonyl (C=O) groups is 1. The molecule has 0 saturated heterocycles. The molecule has 1 aromatic carbocycles. The van der Waals surface area contributed by atoms with E-state index in [1.807, 2.05) is 30.3 Å². The van der Waals surface area contributed by atoms with Gasteiger partial charge in [-0.1, -0.05) is 30.3 Å². The van der Waals surface area contributed by atoms with Crippen molar-refractivity contribution >= 4 is 5.97 Å². The van der Waals surface area contributed by atoms with E-state index >= 15 is 0 Å². The highest BCUT2D eigenvalue weighted by Crippen LogP contribution is 2.25. The summed E-state index contributed by atoms with van der Waals surface area (Å²) < 4.78 is 0. The number of fused-ring (bicyclic) bond motifs is 1. The number of hydrogen-bond donors (Lipinski definition) is 0. The van der Waals surface area contributed by atoms with E-state index in [-0.39, 0.29) is 0 Å². The maximum absolute atomic E-state index is 11.0.